The minimum atomic E-state index is -1.01. The summed E-state index contributed by atoms with van der Waals surface area (Å²) in [6.07, 6.45) is 0. The average Bonchev–Trinajstić information content (AvgIpc) is 2.80. The van der Waals surface area contributed by atoms with Crippen molar-refractivity contribution in [1.29, 1.82) is 0 Å². The number of thiazole rings is 1. The van der Waals surface area contributed by atoms with Gasteiger partial charge < -0.3 is 5.11 Å². The molecule has 0 radical (unpaired) electrons. The van der Waals surface area contributed by atoms with Gasteiger partial charge in [-0.25, -0.2) is 13.8 Å². The van der Waals surface area contributed by atoms with Gasteiger partial charge in [0.2, 0.25) is 0 Å². The highest BCUT2D eigenvalue weighted by Crippen LogP contribution is 2.29. The van der Waals surface area contributed by atoms with Gasteiger partial charge in [0.25, 0.3) is 0 Å². The molecule has 1 aromatic heterocycles. The van der Waals surface area contributed by atoms with E-state index >= 15 is 0 Å². The summed E-state index contributed by atoms with van der Waals surface area (Å²) < 4.78 is 26.6. The number of aromatic nitrogens is 1. The smallest absolute Gasteiger partial charge is 0.312 e. The highest BCUT2D eigenvalue weighted by molar-refractivity contribution is 7.13. The van der Waals surface area contributed by atoms with E-state index in [1.807, 2.05) is 0 Å². The van der Waals surface area contributed by atoms with Crippen LogP contribution in [0.15, 0.2) is 23.6 Å². The van der Waals surface area contributed by atoms with Gasteiger partial charge in [-0.3, -0.25) is 4.79 Å². The topological polar surface area (TPSA) is 50.2 Å². The second-order valence-corrected chi connectivity index (χ2v) is 4.62. The first-order chi connectivity index (χ1) is 8.49. The highest BCUT2D eigenvalue weighted by atomic mass is 32.1. The van der Waals surface area contributed by atoms with Crippen molar-refractivity contribution in [2.75, 3.05) is 0 Å². The normalized spacial score (nSPS) is 12.4. The third-order valence-electron chi connectivity index (χ3n) is 2.49. The Morgan fingerprint density at radius 2 is 2.17 bits per heavy atom. The van der Waals surface area contributed by atoms with E-state index in [0.717, 1.165) is 29.5 Å². The number of hydrogen-bond acceptors (Lipinski definition) is 3. The third kappa shape index (κ3) is 2.38. The van der Waals surface area contributed by atoms with Gasteiger partial charge >= 0.3 is 5.97 Å². The van der Waals surface area contributed by atoms with E-state index in [1.54, 1.807) is 5.38 Å². The fraction of sp³-hybridized carbons (Fsp3) is 0.167. The van der Waals surface area contributed by atoms with Crippen LogP contribution in [0.25, 0.3) is 10.6 Å². The Balaban J connectivity index is 2.41. The summed E-state index contributed by atoms with van der Waals surface area (Å²) in [6, 6.07) is 3.09. The molecule has 2 aromatic rings. The molecule has 3 nitrogen and oxygen atoms in total. The van der Waals surface area contributed by atoms with Crippen LogP contribution < -0.4 is 0 Å². The lowest BCUT2D eigenvalue weighted by Crippen LogP contribution is -2.07. The maximum atomic E-state index is 13.5. The van der Waals surface area contributed by atoms with Crippen LogP contribution >= 0.6 is 11.3 Å². The molecule has 0 amide bonds. The summed E-state index contributed by atoms with van der Waals surface area (Å²) in [5.74, 6) is -2.92. The number of rotatable bonds is 3. The molecule has 0 spiro atoms. The summed E-state index contributed by atoms with van der Waals surface area (Å²) in [7, 11) is 0. The van der Waals surface area contributed by atoms with Gasteiger partial charge in [-0.15, -0.1) is 11.3 Å². The summed E-state index contributed by atoms with van der Waals surface area (Å²) in [6.45, 7) is 1.49. The first-order valence-electron chi connectivity index (χ1n) is 5.12. The predicted molar refractivity (Wildman–Crippen MR) is 63.5 cm³/mol. The van der Waals surface area contributed by atoms with Crippen molar-refractivity contribution in [3.05, 3.63) is 40.9 Å². The number of carboxylic acid groups (broad SMARTS) is 1. The lowest BCUT2D eigenvalue weighted by molar-refractivity contribution is -0.138. The molecule has 1 unspecified atom stereocenters. The summed E-state index contributed by atoms with van der Waals surface area (Å²) in [5.41, 5.74) is 0.384. The van der Waals surface area contributed by atoms with Gasteiger partial charge in [-0.05, 0) is 25.1 Å². The lowest BCUT2D eigenvalue weighted by Gasteiger charge is -2.01. The van der Waals surface area contributed by atoms with Gasteiger partial charge in [0.05, 0.1) is 11.6 Å². The molecule has 0 bridgehead atoms. The second-order valence-electron chi connectivity index (χ2n) is 3.76. The largest absolute Gasteiger partial charge is 0.481 e. The molecule has 2 rings (SSSR count). The van der Waals surface area contributed by atoms with Crippen LogP contribution in [0.1, 0.15) is 18.5 Å². The van der Waals surface area contributed by atoms with E-state index in [9.17, 15) is 13.6 Å². The number of carboxylic acids is 1. The van der Waals surface area contributed by atoms with Crippen molar-refractivity contribution in [3.8, 4) is 10.6 Å². The Bertz CT molecular complexity index is 598. The number of halogens is 2. The van der Waals surface area contributed by atoms with E-state index in [2.05, 4.69) is 4.98 Å². The molecular weight excluding hydrogens is 260 g/mol. The van der Waals surface area contributed by atoms with Crippen molar-refractivity contribution >= 4 is 17.3 Å². The number of nitrogens with zero attached hydrogens (tertiary/aromatic N) is 1. The van der Waals surface area contributed by atoms with E-state index in [-0.39, 0.29) is 10.6 Å². The fourth-order valence-electron chi connectivity index (χ4n) is 1.40. The first kappa shape index (κ1) is 12.6. The summed E-state index contributed by atoms with van der Waals surface area (Å²) in [4.78, 5) is 14.8. The molecule has 1 atom stereocenters. The Morgan fingerprint density at radius 1 is 1.44 bits per heavy atom. The SMILES string of the molecule is CC(C(=O)O)c1csc(-c2cc(F)ccc2F)n1. The zero-order chi connectivity index (χ0) is 13.3. The maximum absolute atomic E-state index is 13.5. The molecular formula is C12H9F2NO2S. The van der Waals surface area contributed by atoms with Crippen molar-refractivity contribution in [2.24, 2.45) is 0 Å². The van der Waals surface area contributed by atoms with Crippen LogP contribution in [0, 0.1) is 11.6 Å². The molecule has 18 heavy (non-hydrogen) atoms. The molecule has 0 fully saturated rings. The highest BCUT2D eigenvalue weighted by Gasteiger charge is 2.18. The third-order valence-corrected chi connectivity index (χ3v) is 3.39. The van der Waals surface area contributed by atoms with Crippen molar-refractivity contribution in [2.45, 2.75) is 12.8 Å². The fourth-order valence-corrected chi connectivity index (χ4v) is 2.33. The standard InChI is InChI=1S/C12H9F2NO2S/c1-6(12(16)17)10-5-18-11(15-10)8-4-7(13)2-3-9(8)14/h2-6H,1H3,(H,16,17). The zero-order valence-electron chi connectivity index (χ0n) is 9.35. The molecule has 1 N–H and O–H groups in total. The van der Waals surface area contributed by atoms with Gasteiger partial charge in [-0.1, -0.05) is 0 Å². The van der Waals surface area contributed by atoms with Crippen molar-refractivity contribution < 1.29 is 18.7 Å². The molecule has 0 aliphatic rings. The monoisotopic (exact) mass is 269 g/mol. The molecule has 0 saturated heterocycles. The van der Waals surface area contributed by atoms with E-state index in [4.69, 9.17) is 5.11 Å². The zero-order valence-corrected chi connectivity index (χ0v) is 10.2. The van der Waals surface area contributed by atoms with Gasteiger partial charge in [0, 0.05) is 10.9 Å². The molecule has 6 heteroatoms. The van der Waals surface area contributed by atoms with Crippen molar-refractivity contribution in [1.82, 2.24) is 4.98 Å². The molecule has 0 aliphatic carbocycles. The van der Waals surface area contributed by atoms with E-state index in [1.165, 1.54) is 6.92 Å². The first-order valence-corrected chi connectivity index (χ1v) is 6.00. The quantitative estimate of drug-likeness (QED) is 0.930. The van der Waals surface area contributed by atoms with E-state index < -0.39 is 23.5 Å². The van der Waals surface area contributed by atoms with Crippen molar-refractivity contribution in [3.63, 3.8) is 0 Å². The Labute approximate surface area is 106 Å². The van der Waals surface area contributed by atoms with Crippen LogP contribution in [0.5, 0.6) is 0 Å². The van der Waals surface area contributed by atoms with Crippen LogP contribution in [0.3, 0.4) is 0 Å². The Morgan fingerprint density at radius 3 is 2.83 bits per heavy atom. The van der Waals surface area contributed by atoms with Crippen LogP contribution in [0.2, 0.25) is 0 Å². The number of aliphatic carboxylic acids is 1. The van der Waals surface area contributed by atoms with Crippen LogP contribution in [0.4, 0.5) is 8.78 Å². The van der Waals surface area contributed by atoms with Gasteiger partial charge in [0.1, 0.15) is 16.6 Å². The minimum absolute atomic E-state index is 0.0452. The van der Waals surface area contributed by atoms with Gasteiger partial charge in [-0.2, -0.15) is 0 Å². The Hall–Kier alpha value is -1.82. The maximum Gasteiger partial charge on any atom is 0.312 e. The molecule has 0 saturated carbocycles. The summed E-state index contributed by atoms with van der Waals surface area (Å²) in [5, 5.41) is 10.7. The van der Waals surface area contributed by atoms with E-state index in [0.29, 0.717) is 5.69 Å². The second kappa shape index (κ2) is 4.81. The Kier molecular flexibility index (Phi) is 3.38. The average molecular weight is 269 g/mol. The summed E-state index contributed by atoms with van der Waals surface area (Å²) >= 11 is 1.09. The predicted octanol–water partition coefficient (Wildman–Crippen LogP) is 3.28. The molecule has 94 valence electrons. The number of benzene rings is 1. The number of hydrogen-bond donors (Lipinski definition) is 1. The van der Waals surface area contributed by atoms with Gasteiger partial charge in [0.15, 0.2) is 0 Å². The molecule has 1 aromatic carbocycles. The number of carbonyl (C=O) groups is 1. The van der Waals surface area contributed by atoms with Crippen LogP contribution in [-0.4, -0.2) is 16.1 Å². The lowest BCUT2D eigenvalue weighted by atomic mass is 10.1. The van der Waals surface area contributed by atoms with Crippen LogP contribution in [-0.2, 0) is 4.79 Å². The molecule has 1 heterocycles. The minimum Gasteiger partial charge on any atom is -0.481 e. The molecule has 0 aliphatic heterocycles.